The summed E-state index contributed by atoms with van der Waals surface area (Å²) in [4.78, 5) is 0. The maximum atomic E-state index is 14.2. The van der Waals surface area contributed by atoms with E-state index >= 15 is 0 Å². The summed E-state index contributed by atoms with van der Waals surface area (Å²) in [6.45, 7) is 1.68. The Hall–Kier alpha value is -1.36. The van der Waals surface area contributed by atoms with Gasteiger partial charge in [-0.3, -0.25) is 0 Å². The molecule has 0 spiro atoms. The first-order chi connectivity index (χ1) is 8.69. The Morgan fingerprint density at radius 3 is 2.33 bits per heavy atom. The second kappa shape index (κ2) is 5.52. The van der Waals surface area contributed by atoms with Gasteiger partial charge in [-0.25, -0.2) is 4.39 Å². The molecule has 0 radical (unpaired) electrons. The van der Waals surface area contributed by atoms with Gasteiger partial charge >= 0.3 is 0 Å². The Morgan fingerprint density at radius 1 is 1.11 bits per heavy atom. The van der Waals surface area contributed by atoms with Gasteiger partial charge in [0, 0.05) is 0 Å². The lowest BCUT2D eigenvalue weighted by atomic mass is 9.89. The highest BCUT2D eigenvalue weighted by Gasteiger charge is 2.25. The van der Waals surface area contributed by atoms with Crippen LogP contribution in [-0.2, 0) is 0 Å². The molecule has 1 aliphatic rings. The van der Waals surface area contributed by atoms with Gasteiger partial charge in [0.25, 0.3) is 0 Å². The van der Waals surface area contributed by atoms with E-state index in [1.807, 2.05) is 0 Å². The van der Waals surface area contributed by atoms with Crippen molar-refractivity contribution in [1.29, 1.82) is 0 Å². The maximum absolute atomic E-state index is 14.2. The number of hydrogen-bond acceptors (Lipinski definition) is 3. The average molecular weight is 257 g/mol. The van der Waals surface area contributed by atoms with Gasteiger partial charge in [0.1, 0.15) is 0 Å². The smallest absolute Gasteiger partial charge is 0.209 e. The number of benzene rings is 1. The highest BCUT2D eigenvalue weighted by molar-refractivity contribution is 5.43. The fourth-order valence-electron chi connectivity index (χ4n) is 2.37. The number of halogens is 2. The molecular weight excluding hydrogens is 240 g/mol. The highest BCUT2D eigenvalue weighted by Crippen LogP contribution is 2.38. The van der Waals surface area contributed by atoms with Crippen LogP contribution in [0.25, 0.3) is 0 Å². The fraction of sp³-hybridized carbons (Fsp3) is 0.538. The van der Waals surface area contributed by atoms with Gasteiger partial charge in [-0.15, -0.1) is 0 Å². The number of piperidine rings is 1. The third-order valence-corrected chi connectivity index (χ3v) is 3.36. The molecule has 0 atom stereocenters. The van der Waals surface area contributed by atoms with E-state index in [4.69, 9.17) is 9.47 Å². The fourth-order valence-corrected chi connectivity index (χ4v) is 2.37. The van der Waals surface area contributed by atoms with Gasteiger partial charge in [-0.1, -0.05) is 0 Å². The summed E-state index contributed by atoms with van der Waals surface area (Å²) in [5.74, 6) is -1.64. The Labute approximate surface area is 105 Å². The van der Waals surface area contributed by atoms with Crippen LogP contribution < -0.4 is 14.8 Å². The molecule has 18 heavy (non-hydrogen) atoms. The van der Waals surface area contributed by atoms with E-state index in [9.17, 15) is 8.78 Å². The van der Waals surface area contributed by atoms with Crippen molar-refractivity contribution in [2.24, 2.45) is 0 Å². The van der Waals surface area contributed by atoms with E-state index in [1.54, 1.807) is 0 Å². The van der Waals surface area contributed by atoms with E-state index in [1.165, 1.54) is 20.3 Å². The van der Waals surface area contributed by atoms with Gasteiger partial charge in [-0.2, -0.15) is 4.39 Å². The molecule has 1 heterocycles. The molecule has 1 aliphatic heterocycles. The molecule has 0 bridgehead atoms. The van der Waals surface area contributed by atoms with Crippen molar-refractivity contribution in [3.05, 3.63) is 23.3 Å². The molecule has 1 saturated heterocycles. The van der Waals surface area contributed by atoms with Crippen molar-refractivity contribution in [3.8, 4) is 11.5 Å². The summed E-state index contributed by atoms with van der Waals surface area (Å²) < 4.78 is 37.7. The molecule has 1 N–H and O–H groups in total. The Morgan fingerprint density at radius 2 is 1.78 bits per heavy atom. The number of ether oxygens (including phenoxy) is 2. The van der Waals surface area contributed by atoms with E-state index in [2.05, 4.69) is 5.32 Å². The van der Waals surface area contributed by atoms with Crippen LogP contribution in [0.3, 0.4) is 0 Å². The summed E-state index contributed by atoms with van der Waals surface area (Å²) in [5, 5.41) is 3.21. The Kier molecular flexibility index (Phi) is 4.01. The first-order valence-electron chi connectivity index (χ1n) is 5.99. The van der Waals surface area contributed by atoms with Gasteiger partial charge in [0.05, 0.1) is 14.2 Å². The molecular formula is C13H17F2NO2. The second-order valence-corrected chi connectivity index (χ2v) is 4.35. The molecule has 5 heteroatoms. The number of nitrogens with one attached hydrogen (secondary N) is 1. The van der Waals surface area contributed by atoms with Crippen LogP contribution in [0.1, 0.15) is 24.3 Å². The molecule has 0 saturated carbocycles. The standard InChI is InChI=1S/C13H17F2NO2/c1-17-10-7-9(8-3-5-16-6-4-8)11(14)13(18-2)12(10)15/h7-8,16H,3-6H2,1-2H3. The third-order valence-electron chi connectivity index (χ3n) is 3.36. The third kappa shape index (κ3) is 2.27. The van der Waals surface area contributed by atoms with Gasteiger partial charge < -0.3 is 14.8 Å². The minimum atomic E-state index is -0.782. The zero-order valence-electron chi connectivity index (χ0n) is 10.6. The largest absolute Gasteiger partial charge is 0.494 e. The Balaban J connectivity index is 2.45. The SMILES string of the molecule is COc1cc(C2CCNCC2)c(F)c(OC)c1F. The second-order valence-electron chi connectivity index (χ2n) is 4.35. The van der Waals surface area contributed by atoms with Gasteiger partial charge in [-0.05, 0) is 43.5 Å². The average Bonchev–Trinajstić information content (AvgIpc) is 2.41. The van der Waals surface area contributed by atoms with Crippen molar-refractivity contribution in [1.82, 2.24) is 5.32 Å². The summed E-state index contributed by atoms with van der Waals surface area (Å²) in [5.41, 5.74) is 0.478. The first-order valence-corrected chi connectivity index (χ1v) is 5.99. The zero-order chi connectivity index (χ0) is 13.1. The van der Waals surface area contributed by atoms with Crippen molar-refractivity contribution in [3.63, 3.8) is 0 Å². The molecule has 0 aromatic heterocycles. The minimum absolute atomic E-state index is 0.0294. The van der Waals surface area contributed by atoms with E-state index in [0.717, 1.165) is 25.9 Å². The molecule has 3 nitrogen and oxygen atoms in total. The number of rotatable bonds is 3. The summed E-state index contributed by atoms with van der Waals surface area (Å²) >= 11 is 0. The van der Waals surface area contributed by atoms with Crippen LogP contribution in [0, 0.1) is 11.6 Å². The van der Waals surface area contributed by atoms with Gasteiger partial charge in [0.15, 0.2) is 17.3 Å². The van der Waals surface area contributed by atoms with Crippen LogP contribution in [0.2, 0.25) is 0 Å². The van der Waals surface area contributed by atoms with E-state index in [-0.39, 0.29) is 17.4 Å². The lowest BCUT2D eigenvalue weighted by Crippen LogP contribution is -2.27. The lowest BCUT2D eigenvalue weighted by molar-refractivity contribution is 0.326. The number of hydrogen-bond donors (Lipinski definition) is 1. The Bertz CT molecular complexity index is 431. The minimum Gasteiger partial charge on any atom is -0.494 e. The lowest BCUT2D eigenvalue weighted by Gasteiger charge is -2.24. The van der Waals surface area contributed by atoms with Crippen molar-refractivity contribution in [2.45, 2.75) is 18.8 Å². The summed E-state index contributed by atoms with van der Waals surface area (Å²) in [6.07, 6.45) is 1.66. The molecule has 2 rings (SSSR count). The molecule has 1 aromatic carbocycles. The molecule has 0 unspecified atom stereocenters. The molecule has 0 amide bonds. The summed E-state index contributed by atoms with van der Waals surface area (Å²) in [6, 6.07) is 1.45. The van der Waals surface area contributed by atoms with Crippen LogP contribution in [0.15, 0.2) is 6.07 Å². The first kappa shape index (κ1) is 13.1. The van der Waals surface area contributed by atoms with E-state index < -0.39 is 11.6 Å². The monoisotopic (exact) mass is 257 g/mol. The van der Waals surface area contributed by atoms with Crippen LogP contribution >= 0.6 is 0 Å². The van der Waals surface area contributed by atoms with Crippen molar-refractivity contribution in [2.75, 3.05) is 27.3 Å². The predicted molar refractivity (Wildman–Crippen MR) is 64.3 cm³/mol. The normalized spacial score (nSPS) is 16.7. The maximum Gasteiger partial charge on any atom is 0.209 e. The van der Waals surface area contributed by atoms with Crippen LogP contribution in [0.4, 0.5) is 8.78 Å². The predicted octanol–water partition coefficient (Wildman–Crippen LogP) is 2.45. The molecule has 100 valence electrons. The van der Waals surface area contributed by atoms with Crippen molar-refractivity contribution >= 4 is 0 Å². The number of methoxy groups -OCH3 is 2. The topological polar surface area (TPSA) is 30.5 Å². The van der Waals surface area contributed by atoms with Crippen LogP contribution in [0.5, 0.6) is 11.5 Å². The molecule has 0 aliphatic carbocycles. The van der Waals surface area contributed by atoms with E-state index in [0.29, 0.717) is 5.56 Å². The molecule has 1 fully saturated rings. The van der Waals surface area contributed by atoms with Gasteiger partial charge in [0.2, 0.25) is 5.82 Å². The van der Waals surface area contributed by atoms with Crippen LogP contribution in [-0.4, -0.2) is 27.3 Å². The summed E-state index contributed by atoms with van der Waals surface area (Å²) in [7, 11) is 2.62. The van der Waals surface area contributed by atoms with Crippen molar-refractivity contribution < 1.29 is 18.3 Å². The highest BCUT2D eigenvalue weighted by atomic mass is 19.1. The zero-order valence-corrected chi connectivity index (χ0v) is 10.6. The quantitative estimate of drug-likeness (QED) is 0.902. The molecule has 1 aromatic rings.